The molecule has 1 atom stereocenters. The van der Waals surface area contributed by atoms with Gasteiger partial charge in [0.15, 0.2) is 0 Å². The van der Waals surface area contributed by atoms with Crippen LogP contribution in [0.15, 0.2) is 42.0 Å². The second kappa shape index (κ2) is 5.09. The second-order valence-corrected chi connectivity index (χ2v) is 5.58. The Morgan fingerprint density at radius 1 is 1.45 bits per heavy atom. The van der Waals surface area contributed by atoms with Crippen LogP contribution in [-0.2, 0) is 0 Å². The lowest BCUT2D eigenvalue weighted by Crippen LogP contribution is -2.07. The van der Waals surface area contributed by atoms with Gasteiger partial charge in [-0.05, 0) is 36.1 Å². The number of carboxylic acids is 1. The van der Waals surface area contributed by atoms with Crippen LogP contribution in [0.5, 0.6) is 0 Å². The van der Waals surface area contributed by atoms with E-state index >= 15 is 0 Å². The number of carboxylic acid groups (broad SMARTS) is 1. The Balaban J connectivity index is 2.10. The van der Waals surface area contributed by atoms with Gasteiger partial charge in [-0.25, -0.2) is 9.78 Å². The Kier molecular flexibility index (Phi) is 3.28. The van der Waals surface area contributed by atoms with E-state index in [1.165, 1.54) is 4.88 Å². The van der Waals surface area contributed by atoms with Gasteiger partial charge in [0.25, 0.3) is 0 Å². The quantitative estimate of drug-likeness (QED) is 0.793. The molecule has 0 bridgehead atoms. The Hall–Kier alpha value is -2.14. The number of thiophene rings is 1. The summed E-state index contributed by atoms with van der Waals surface area (Å²) >= 11 is 1.73. The SMILES string of the molecule is CCC(c1cccs1)n1cnc2cc(C(=O)O)ccc21. The molecule has 0 radical (unpaired) electrons. The first-order valence-electron chi connectivity index (χ1n) is 6.44. The van der Waals surface area contributed by atoms with Crippen molar-refractivity contribution in [3.8, 4) is 0 Å². The molecular formula is C15H14N2O2S. The molecule has 1 N–H and O–H groups in total. The molecule has 5 heteroatoms. The van der Waals surface area contributed by atoms with Gasteiger partial charge in [0.1, 0.15) is 0 Å². The topological polar surface area (TPSA) is 55.1 Å². The van der Waals surface area contributed by atoms with Gasteiger partial charge in [0.2, 0.25) is 0 Å². The monoisotopic (exact) mass is 286 g/mol. The van der Waals surface area contributed by atoms with Crippen molar-refractivity contribution in [1.82, 2.24) is 9.55 Å². The number of fused-ring (bicyclic) bond motifs is 1. The van der Waals surface area contributed by atoms with Crippen LogP contribution in [0, 0.1) is 0 Å². The van der Waals surface area contributed by atoms with Crippen LogP contribution in [0.2, 0.25) is 0 Å². The maximum Gasteiger partial charge on any atom is 0.335 e. The van der Waals surface area contributed by atoms with Crippen molar-refractivity contribution >= 4 is 28.3 Å². The molecule has 0 amide bonds. The maximum absolute atomic E-state index is 11.0. The molecule has 102 valence electrons. The summed E-state index contributed by atoms with van der Waals surface area (Å²) in [7, 11) is 0. The smallest absolute Gasteiger partial charge is 0.335 e. The zero-order valence-corrected chi connectivity index (χ0v) is 11.8. The minimum atomic E-state index is -0.924. The van der Waals surface area contributed by atoms with E-state index in [9.17, 15) is 4.79 Å². The summed E-state index contributed by atoms with van der Waals surface area (Å²) < 4.78 is 2.12. The molecule has 20 heavy (non-hydrogen) atoms. The van der Waals surface area contributed by atoms with Gasteiger partial charge in [-0.3, -0.25) is 0 Å². The predicted molar refractivity (Wildman–Crippen MR) is 79.4 cm³/mol. The molecule has 0 fully saturated rings. The van der Waals surface area contributed by atoms with Crippen molar-refractivity contribution in [2.45, 2.75) is 19.4 Å². The molecule has 0 aliphatic rings. The molecule has 1 unspecified atom stereocenters. The number of aromatic nitrogens is 2. The fourth-order valence-corrected chi connectivity index (χ4v) is 3.34. The van der Waals surface area contributed by atoms with Crippen LogP contribution >= 0.6 is 11.3 Å². The summed E-state index contributed by atoms with van der Waals surface area (Å²) in [5, 5.41) is 11.1. The van der Waals surface area contributed by atoms with Crippen LogP contribution in [0.3, 0.4) is 0 Å². The van der Waals surface area contributed by atoms with E-state index in [0.717, 1.165) is 17.5 Å². The molecule has 2 heterocycles. The van der Waals surface area contributed by atoms with Crippen molar-refractivity contribution in [3.05, 3.63) is 52.5 Å². The zero-order valence-electron chi connectivity index (χ0n) is 11.0. The van der Waals surface area contributed by atoms with Crippen molar-refractivity contribution in [1.29, 1.82) is 0 Å². The fourth-order valence-electron chi connectivity index (χ4n) is 2.43. The van der Waals surface area contributed by atoms with Gasteiger partial charge in [0.05, 0.1) is 29.0 Å². The summed E-state index contributed by atoms with van der Waals surface area (Å²) in [6, 6.07) is 9.50. The Morgan fingerprint density at radius 3 is 2.95 bits per heavy atom. The first kappa shape index (κ1) is 12.9. The normalized spacial score (nSPS) is 12.7. The van der Waals surface area contributed by atoms with Crippen LogP contribution in [0.4, 0.5) is 0 Å². The van der Waals surface area contributed by atoms with E-state index in [2.05, 4.69) is 27.9 Å². The molecule has 0 saturated carbocycles. The standard InChI is InChI=1S/C15H14N2O2S/c1-2-12(14-4-3-7-20-14)17-9-16-11-8-10(15(18)19)5-6-13(11)17/h3-9,12H,2H2,1H3,(H,18,19). The average Bonchev–Trinajstić information content (AvgIpc) is 3.09. The van der Waals surface area contributed by atoms with Crippen LogP contribution in [-0.4, -0.2) is 20.6 Å². The van der Waals surface area contributed by atoms with Gasteiger partial charge in [-0.1, -0.05) is 13.0 Å². The lowest BCUT2D eigenvalue weighted by molar-refractivity contribution is 0.0697. The molecular weight excluding hydrogens is 272 g/mol. The predicted octanol–water partition coefficient (Wildman–Crippen LogP) is 3.80. The Morgan fingerprint density at radius 2 is 2.30 bits per heavy atom. The van der Waals surface area contributed by atoms with Crippen molar-refractivity contribution in [3.63, 3.8) is 0 Å². The summed E-state index contributed by atoms with van der Waals surface area (Å²) in [4.78, 5) is 16.6. The van der Waals surface area contributed by atoms with Crippen molar-refractivity contribution in [2.75, 3.05) is 0 Å². The van der Waals surface area contributed by atoms with Crippen molar-refractivity contribution in [2.24, 2.45) is 0 Å². The first-order chi connectivity index (χ1) is 9.70. The van der Waals surface area contributed by atoms with E-state index in [-0.39, 0.29) is 11.6 Å². The van der Waals surface area contributed by atoms with E-state index < -0.39 is 5.97 Å². The van der Waals surface area contributed by atoms with Gasteiger partial charge in [-0.15, -0.1) is 11.3 Å². The van der Waals surface area contributed by atoms with Crippen LogP contribution < -0.4 is 0 Å². The first-order valence-corrected chi connectivity index (χ1v) is 7.32. The third kappa shape index (κ3) is 2.10. The number of carbonyl (C=O) groups is 1. The molecule has 4 nitrogen and oxygen atoms in total. The molecule has 1 aromatic carbocycles. The number of rotatable bonds is 4. The number of benzene rings is 1. The third-order valence-corrected chi connectivity index (χ3v) is 4.39. The molecule has 0 aliphatic heterocycles. The van der Waals surface area contributed by atoms with E-state index in [1.807, 2.05) is 12.1 Å². The second-order valence-electron chi connectivity index (χ2n) is 4.60. The average molecular weight is 286 g/mol. The Labute approximate surface area is 120 Å². The number of imidazole rings is 1. The third-order valence-electron chi connectivity index (χ3n) is 3.42. The number of aromatic carboxylic acids is 1. The molecule has 0 spiro atoms. The highest BCUT2D eigenvalue weighted by Gasteiger charge is 2.16. The highest BCUT2D eigenvalue weighted by molar-refractivity contribution is 7.10. The number of hydrogen-bond donors (Lipinski definition) is 1. The lowest BCUT2D eigenvalue weighted by atomic mass is 10.1. The highest BCUT2D eigenvalue weighted by atomic mass is 32.1. The number of hydrogen-bond acceptors (Lipinski definition) is 3. The summed E-state index contributed by atoms with van der Waals surface area (Å²) in [5.41, 5.74) is 1.96. The Bertz CT molecular complexity index is 746. The lowest BCUT2D eigenvalue weighted by Gasteiger charge is -2.16. The molecule has 0 aliphatic carbocycles. The molecule has 3 aromatic rings. The van der Waals surface area contributed by atoms with Gasteiger partial charge in [-0.2, -0.15) is 0 Å². The summed E-state index contributed by atoms with van der Waals surface area (Å²) in [6.07, 6.45) is 2.76. The van der Waals surface area contributed by atoms with E-state index in [4.69, 9.17) is 5.11 Å². The van der Waals surface area contributed by atoms with Crippen LogP contribution in [0.1, 0.15) is 34.6 Å². The summed E-state index contributed by atoms with van der Waals surface area (Å²) in [6.45, 7) is 2.14. The zero-order chi connectivity index (χ0) is 14.1. The van der Waals surface area contributed by atoms with Crippen molar-refractivity contribution < 1.29 is 9.90 Å². The largest absolute Gasteiger partial charge is 0.478 e. The van der Waals surface area contributed by atoms with Gasteiger partial charge >= 0.3 is 5.97 Å². The molecule has 0 saturated heterocycles. The van der Waals surface area contributed by atoms with Gasteiger partial charge < -0.3 is 9.67 Å². The van der Waals surface area contributed by atoms with Crippen LogP contribution in [0.25, 0.3) is 11.0 Å². The highest BCUT2D eigenvalue weighted by Crippen LogP contribution is 2.29. The number of nitrogens with zero attached hydrogens (tertiary/aromatic N) is 2. The van der Waals surface area contributed by atoms with Gasteiger partial charge in [0, 0.05) is 4.88 Å². The van der Waals surface area contributed by atoms with E-state index in [0.29, 0.717) is 0 Å². The van der Waals surface area contributed by atoms with E-state index in [1.54, 1.807) is 29.8 Å². The maximum atomic E-state index is 11.0. The molecule has 3 rings (SSSR count). The minimum absolute atomic E-state index is 0.246. The summed E-state index contributed by atoms with van der Waals surface area (Å²) in [5.74, 6) is -0.924. The molecule has 2 aromatic heterocycles. The minimum Gasteiger partial charge on any atom is -0.478 e. The fraction of sp³-hybridized carbons (Fsp3) is 0.200.